The molecule has 1 aromatic rings. The fourth-order valence-electron chi connectivity index (χ4n) is 1.29. The van der Waals surface area contributed by atoms with Crippen molar-refractivity contribution in [1.82, 2.24) is 0 Å². The second kappa shape index (κ2) is 4.98. The average molecular weight is 288 g/mol. The zero-order valence-electron chi connectivity index (χ0n) is 8.97. The third-order valence-electron chi connectivity index (χ3n) is 1.93. The topological polar surface area (TPSA) is 46.5 Å². The molecule has 0 aliphatic heterocycles. The Kier molecular flexibility index (Phi) is 3.97. The summed E-state index contributed by atoms with van der Waals surface area (Å²) in [6.45, 7) is 0. The molecule has 0 fully saturated rings. The predicted octanol–water partition coefficient (Wildman–Crippen LogP) is 3.23. The van der Waals surface area contributed by atoms with Gasteiger partial charge >= 0.3 is 18.5 Å². The number of benzene rings is 1. The Morgan fingerprint density at radius 3 is 2.16 bits per heavy atom. The molecule has 1 rings (SSSR count). The molecule has 9 heteroatoms. The molecule has 0 radical (unpaired) electrons. The van der Waals surface area contributed by atoms with Crippen molar-refractivity contribution in [2.24, 2.45) is 0 Å². The maximum absolute atomic E-state index is 12.5. The van der Waals surface area contributed by atoms with Crippen LogP contribution >= 0.6 is 0 Å². The number of halogens is 6. The Labute approximate surface area is 102 Å². The van der Waals surface area contributed by atoms with E-state index < -0.39 is 36.2 Å². The maximum Gasteiger partial charge on any atom is 0.573 e. The van der Waals surface area contributed by atoms with Gasteiger partial charge < -0.3 is 9.84 Å². The second-order valence-corrected chi connectivity index (χ2v) is 3.45. The standard InChI is InChI=1S/C10H6F6O3/c11-9(12,13)6-2-1-5(4-8(17)18)3-7(6)19-10(14,15)16/h1-3H,4H2,(H,17,18). The van der Waals surface area contributed by atoms with E-state index in [-0.39, 0.29) is 5.56 Å². The number of rotatable bonds is 3. The van der Waals surface area contributed by atoms with E-state index in [1.807, 2.05) is 0 Å². The lowest BCUT2D eigenvalue weighted by molar-refractivity contribution is -0.276. The van der Waals surface area contributed by atoms with Gasteiger partial charge in [0.15, 0.2) is 0 Å². The van der Waals surface area contributed by atoms with E-state index in [0.717, 1.165) is 6.07 Å². The minimum atomic E-state index is -5.30. The average Bonchev–Trinajstić information content (AvgIpc) is 2.11. The second-order valence-electron chi connectivity index (χ2n) is 3.45. The first kappa shape index (κ1) is 15.1. The lowest BCUT2D eigenvalue weighted by atomic mass is 10.1. The van der Waals surface area contributed by atoms with Crippen molar-refractivity contribution in [3.8, 4) is 5.75 Å². The molecule has 0 amide bonds. The number of aliphatic carboxylic acids is 1. The summed E-state index contributed by atoms with van der Waals surface area (Å²) in [4.78, 5) is 10.4. The van der Waals surface area contributed by atoms with Crippen LogP contribution in [0.15, 0.2) is 18.2 Å². The molecule has 0 saturated carbocycles. The number of alkyl halides is 6. The highest BCUT2D eigenvalue weighted by Crippen LogP contribution is 2.38. The summed E-state index contributed by atoms with van der Waals surface area (Å²) in [7, 11) is 0. The fraction of sp³-hybridized carbons (Fsp3) is 0.300. The van der Waals surface area contributed by atoms with Crippen molar-refractivity contribution in [2.75, 3.05) is 0 Å². The van der Waals surface area contributed by atoms with E-state index in [9.17, 15) is 31.1 Å². The lowest BCUT2D eigenvalue weighted by Gasteiger charge is -2.16. The van der Waals surface area contributed by atoms with Gasteiger partial charge in [-0.3, -0.25) is 4.79 Å². The van der Waals surface area contributed by atoms with Crippen molar-refractivity contribution < 1.29 is 41.0 Å². The molecule has 0 unspecified atom stereocenters. The third-order valence-corrected chi connectivity index (χ3v) is 1.93. The molecule has 0 saturated heterocycles. The highest BCUT2D eigenvalue weighted by atomic mass is 19.4. The van der Waals surface area contributed by atoms with E-state index in [2.05, 4.69) is 4.74 Å². The summed E-state index contributed by atoms with van der Waals surface area (Å²) in [5.74, 6) is -2.86. The zero-order chi connectivity index (χ0) is 14.8. The van der Waals surface area contributed by atoms with Crippen LogP contribution in [0.3, 0.4) is 0 Å². The van der Waals surface area contributed by atoms with Gasteiger partial charge in [0, 0.05) is 0 Å². The molecule has 0 aliphatic carbocycles. The molecule has 0 bridgehead atoms. The summed E-state index contributed by atoms with van der Waals surface area (Å²) >= 11 is 0. The molecule has 1 aromatic carbocycles. The molecule has 0 aromatic heterocycles. The van der Waals surface area contributed by atoms with Crippen molar-refractivity contribution in [3.05, 3.63) is 29.3 Å². The van der Waals surface area contributed by atoms with Crippen LogP contribution in [0.25, 0.3) is 0 Å². The Hall–Kier alpha value is -1.93. The number of carbonyl (C=O) groups is 1. The van der Waals surface area contributed by atoms with Crippen molar-refractivity contribution in [3.63, 3.8) is 0 Å². The minimum Gasteiger partial charge on any atom is -0.481 e. The zero-order valence-corrected chi connectivity index (χ0v) is 8.97. The summed E-state index contributed by atoms with van der Waals surface area (Å²) in [5, 5.41) is 8.43. The SMILES string of the molecule is O=C(O)Cc1ccc(C(F)(F)F)c(OC(F)(F)F)c1. The van der Waals surface area contributed by atoms with E-state index >= 15 is 0 Å². The van der Waals surface area contributed by atoms with E-state index in [4.69, 9.17) is 5.11 Å². The molecular weight excluding hydrogens is 282 g/mol. The van der Waals surface area contributed by atoms with Gasteiger partial charge in [-0.05, 0) is 17.7 Å². The van der Waals surface area contributed by atoms with Gasteiger partial charge in [0.25, 0.3) is 0 Å². The van der Waals surface area contributed by atoms with Crippen LogP contribution in [0.5, 0.6) is 5.75 Å². The van der Waals surface area contributed by atoms with Gasteiger partial charge in [-0.15, -0.1) is 13.2 Å². The van der Waals surface area contributed by atoms with Crippen molar-refractivity contribution in [2.45, 2.75) is 19.0 Å². The Balaban J connectivity index is 3.22. The smallest absolute Gasteiger partial charge is 0.481 e. The molecule has 0 atom stereocenters. The van der Waals surface area contributed by atoms with E-state index in [1.165, 1.54) is 0 Å². The minimum absolute atomic E-state index is 0.236. The summed E-state index contributed by atoms with van der Waals surface area (Å²) in [6, 6.07) is 1.53. The summed E-state index contributed by atoms with van der Waals surface area (Å²) in [5.41, 5.74) is -1.86. The molecule has 1 N–H and O–H groups in total. The molecular formula is C10H6F6O3. The van der Waals surface area contributed by atoms with Gasteiger partial charge in [-0.25, -0.2) is 0 Å². The number of carboxylic acid groups (broad SMARTS) is 1. The van der Waals surface area contributed by atoms with Crippen LogP contribution < -0.4 is 4.74 Å². The van der Waals surface area contributed by atoms with Crippen LogP contribution in [0.1, 0.15) is 11.1 Å². The van der Waals surface area contributed by atoms with Crippen molar-refractivity contribution in [1.29, 1.82) is 0 Å². The van der Waals surface area contributed by atoms with Crippen molar-refractivity contribution >= 4 is 5.97 Å². The Morgan fingerprint density at radius 2 is 1.74 bits per heavy atom. The summed E-state index contributed by atoms with van der Waals surface area (Å²) in [6.07, 6.45) is -11.1. The maximum atomic E-state index is 12.5. The third kappa shape index (κ3) is 4.68. The van der Waals surface area contributed by atoms with E-state index in [1.54, 1.807) is 0 Å². The van der Waals surface area contributed by atoms with Gasteiger partial charge in [0.1, 0.15) is 5.75 Å². The van der Waals surface area contributed by atoms with Crippen LogP contribution in [0.4, 0.5) is 26.3 Å². The number of carboxylic acids is 1. The highest BCUT2D eigenvalue weighted by molar-refractivity contribution is 5.70. The van der Waals surface area contributed by atoms with Gasteiger partial charge in [0.05, 0.1) is 12.0 Å². The van der Waals surface area contributed by atoms with Gasteiger partial charge in [-0.2, -0.15) is 13.2 Å². The predicted molar refractivity (Wildman–Crippen MR) is 49.5 cm³/mol. The number of hydrogen-bond donors (Lipinski definition) is 1. The van der Waals surface area contributed by atoms with Crippen LogP contribution in [-0.2, 0) is 17.4 Å². The number of ether oxygens (including phenoxy) is 1. The quantitative estimate of drug-likeness (QED) is 0.869. The van der Waals surface area contributed by atoms with E-state index in [0.29, 0.717) is 12.1 Å². The fourth-order valence-corrected chi connectivity index (χ4v) is 1.29. The van der Waals surface area contributed by atoms with Gasteiger partial charge in [-0.1, -0.05) is 6.07 Å². The molecule has 0 heterocycles. The lowest BCUT2D eigenvalue weighted by Crippen LogP contribution is -2.20. The molecule has 3 nitrogen and oxygen atoms in total. The Morgan fingerprint density at radius 1 is 1.16 bits per heavy atom. The van der Waals surface area contributed by atoms with Crippen LogP contribution in [0.2, 0.25) is 0 Å². The first-order valence-electron chi connectivity index (χ1n) is 4.67. The molecule has 19 heavy (non-hydrogen) atoms. The summed E-state index contributed by atoms with van der Waals surface area (Å²) < 4.78 is 76.6. The first-order chi connectivity index (χ1) is 8.49. The largest absolute Gasteiger partial charge is 0.573 e. The molecule has 106 valence electrons. The highest BCUT2D eigenvalue weighted by Gasteiger charge is 2.39. The van der Waals surface area contributed by atoms with Crippen LogP contribution in [-0.4, -0.2) is 17.4 Å². The molecule has 0 aliphatic rings. The monoisotopic (exact) mass is 288 g/mol. The van der Waals surface area contributed by atoms with Crippen LogP contribution in [0, 0.1) is 0 Å². The molecule has 0 spiro atoms. The number of hydrogen-bond acceptors (Lipinski definition) is 2. The Bertz CT molecular complexity index is 477. The van der Waals surface area contributed by atoms with Gasteiger partial charge in [0.2, 0.25) is 0 Å². The normalized spacial score (nSPS) is 12.3. The first-order valence-corrected chi connectivity index (χ1v) is 4.67.